The minimum atomic E-state index is -0.681. The molecule has 1 unspecified atom stereocenters. The Morgan fingerprint density at radius 2 is 2.31 bits per heavy atom. The minimum absolute atomic E-state index is 0.218. The number of nitrogens with zero attached hydrogens (tertiary/aromatic N) is 3. The van der Waals surface area contributed by atoms with Crippen molar-refractivity contribution < 1.29 is 9.90 Å². The van der Waals surface area contributed by atoms with Crippen LogP contribution in [0, 0.1) is 11.8 Å². The molecule has 0 saturated carbocycles. The molecule has 1 aromatic heterocycles. The fourth-order valence-corrected chi connectivity index (χ4v) is 1.99. The molecule has 1 aliphatic rings. The molecule has 5 heteroatoms. The van der Waals surface area contributed by atoms with Gasteiger partial charge in [-0.05, 0) is 5.92 Å². The molecule has 1 fully saturated rings. The maximum atomic E-state index is 10.8. The van der Waals surface area contributed by atoms with Crippen LogP contribution < -0.4 is 0 Å². The first kappa shape index (κ1) is 11.1. The van der Waals surface area contributed by atoms with Crippen molar-refractivity contribution in [2.75, 3.05) is 19.6 Å². The van der Waals surface area contributed by atoms with E-state index < -0.39 is 5.97 Å². The third kappa shape index (κ3) is 2.41. The lowest BCUT2D eigenvalue weighted by atomic mass is 9.87. The molecule has 16 heavy (non-hydrogen) atoms. The van der Waals surface area contributed by atoms with Gasteiger partial charge in [-0.15, -0.1) is 0 Å². The third-order valence-electron chi connectivity index (χ3n) is 3.32. The fourth-order valence-electron chi connectivity index (χ4n) is 1.99. The van der Waals surface area contributed by atoms with E-state index >= 15 is 0 Å². The highest BCUT2D eigenvalue weighted by Gasteiger charge is 2.34. The molecule has 0 aromatic carbocycles. The van der Waals surface area contributed by atoms with Crippen LogP contribution in [0.2, 0.25) is 0 Å². The molecule has 5 nitrogen and oxygen atoms in total. The van der Waals surface area contributed by atoms with Gasteiger partial charge in [0.05, 0.1) is 12.2 Å². The number of carbonyl (C=O) groups is 1. The highest BCUT2D eigenvalue weighted by molar-refractivity contribution is 5.70. The molecule has 0 spiro atoms. The molecule has 0 aliphatic carbocycles. The lowest BCUT2D eigenvalue weighted by molar-refractivity contribution is -0.145. The van der Waals surface area contributed by atoms with Crippen LogP contribution >= 0.6 is 0 Å². The SMILES string of the molecule is CC(C(=O)O)C1CN(CCn2ccnc2)C1. The van der Waals surface area contributed by atoms with Gasteiger partial charge >= 0.3 is 5.97 Å². The van der Waals surface area contributed by atoms with Crippen LogP contribution in [-0.2, 0) is 11.3 Å². The molecule has 0 bridgehead atoms. The van der Waals surface area contributed by atoms with Crippen LogP contribution in [0.1, 0.15) is 6.92 Å². The second-order valence-electron chi connectivity index (χ2n) is 4.45. The number of hydrogen-bond donors (Lipinski definition) is 1. The Labute approximate surface area is 94.7 Å². The maximum Gasteiger partial charge on any atom is 0.306 e. The predicted octanol–water partition coefficient (Wildman–Crippen LogP) is 0.536. The number of carboxylic acid groups (broad SMARTS) is 1. The number of rotatable bonds is 5. The Kier molecular flexibility index (Phi) is 3.24. The molecular formula is C11H17N3O2. The zero-order valence-electron chi connectivity index (χ0n) is 9.41. The summed E-state index contributed by atoms with van der Waals surface area (Å²) in [6.07, 6.45) is 5.51. The summed E-state index contributed by atoms with van der Waals surface area (Å²) in [5.74, 6) is -0.580. The van der Waals surface area contributed by atoms with Crippen LogP contribution in [0.25, 0.3) is 0 Å². The molecule has 2 heterocycles. The Bertz CT molecular complexity index is 344. The number of likely N-dealkylation sites (tertiary alicyclic amines) is 1. The molecule has 1 saturated heterocycles. The average Bonchev–Trinajstić information content (AvgIpc) is 2.67. The molecule has 1 aromatic rings. The summed E-state index contributed by atoms with van der Waals surface area (Å²) in [4.78, 5) is 17.0. The summed E-state index contributed by atoms with van der Waals surface area (Å²) in [5.41, 5.74) is 0. The number of imidazole rings is 1. The van der Waals surface area contributed by atoms with Crippen LogP contribution in [0.15, 0.2) is 18.7 Å². The van der Waals surface area contributed by atoms with E-state index in [0.29, 0.717) is 5.92 Å². The molecule has 1 aliphatic heterocycles. The lowest BCUT2D eigenvalue weighted by Crippen LogP contribution is -2.51. The predicted molar refractivity (Wildman–Crippen MR) is 59.0 cm³/mol. The molecule has 2 rings (SSSR count). The van der Waals surface area contributed by atoms with Crippen molar-refractivity contribution in [1.82, 2.24) is 14.5 Å². The number of hydrogen-bond acceptors (Lipinski definition) is 3. The van der Waals surface area contributed by atoms with Crippen LogP contribution in [-0.4, -0.2) is 45.2 Å². The number of aliphatic carboxylic acids is 1. The number of carboxylic acids is 1. The zero-order valence-corrected chi connectivity index (χ0v) is 9.41. The van der Waals surface area contributed by atoms with Gasteiger partial charge in [-0.2, -0.15) is 0 Å². The largest absolute Gasteiger partial charge is 0.481 e. The van der Waals surface area contributed by atoms with Crippen molar-refractivity contribution >= 4 is 5.97 Å². The quantitative estimate of drug-likeness (QED) is 0.791. The van der Waals surface area contributed by atoms with E-state index in [9.17, 15) is 4.79 Å². The van der Waals surface area contributed by atoms with E-state index in [1.807, 2.05) is 10.8 Å². The van der Waals surface area contributed by atoms with Crippen molar-refractivity contribution in [1.29, 1.82) is 0 Å². The van der Waals surface area contributed by atoms with Crippen molar-refractivity contribution in [3.8, 4) is 0 Å². The van der Waals surface area contributed by atoms with Gasteiger partial charge in [0.2, 0.25) is 0 Å². The second kappa shape index (κ2) is 4.65. The average molecular weight is 223 g/mol. The third-order valence-corrected chi connectivity index (χ3v) is 3.32. The highest BCUT2D eigenvalue weighted by Crippen LogP contribution is 2.23. The molecule has 1 atom stereocenters. The van der Waals surface area contributed by atoms with Crippen LogP contribution in [0.4, 0.5) is 0 Å². The van der Waals surface area contributed by atoms with Gasteiger partial charge in [0.25, 0.3) is 0 Å². The van der Waals surface area contributed by atoms with Crippen molar-refractivity contribution in [2.45, 2.75) is 13.5 Å². The van der Waals surface area contributed by atoms with Gasteiger partial charge in [-0.3, -0.25) is 4.79 Å². The minimum Gasteiger partial charge on any atom is -0.481 e. The van der Waals surface area contributed by atoms with E-state index in [1.54, 1.807) is 19.4 Å². The Morgan fingerprint density at radius 3 is 2.88 bits per heavy atom. The van der Waals surface area contributed by atoms with E-state index in [4.69, 9.17) is 5.11 Å². The Morgan fingerprint density at radius 1 is 1.56 bits per heavy atom. The van der Waals surface area contributed by atoms with Gasteiger partial charge in [0.15, 0.2) is 0 Å². The van der Waals surface area contributed by atoms with Gasteiger partial charge in [0.1, 0.15) is 0 Å². The van der Waals surface area contributed by atoms with Gasteiger partial charge in [0, 0.05) is 38.6 Å². The summed E-state index contributed by atoms with van der Waals surface area (Å²) in [6, 6.07) is 0. The second-order valence-corrected chi connectivity index (χ2v) is 4.45. The van der Waals surface area contributed by atoms with E-state index in [2.05, 4.69) is 9.88 Å². The highest BCUT2D eigenvalue weighted by atomic mass is 16.4. The summed E-state index contributed by atoms with van der Waals surface area (Å²) < 4.78 is 2.04. The van der Waals surface area contributed by atoms with Crippen LogP contribution in [0.5, 0.6) is 0 Å². The molecular weight excluding hydrogens is 206 g/mol. The van der Waals surface area contributed by atoms with E-state index in [1.165, 1.54) is 0 Å². The van der Waals surface area contributed by atoms with Gasteiger partial charge in [-0.25, -0.2) is 4.98 Å². The van der Waals surface area contributed by atoms with Crippen molar-refractivity contribution in [2.24, 2.45) is 11.8 Å². The first-order valence-electron chi connectivity index (χ1n) is 5.57. The summed E-state index contributed by atoms with van der Waals surface area (Å²) in [6.45, 7) is 5.50. The first-order chi connectivity index (χ1) is 7.66. The fraction of sp³-hybridized carbons (Fsp3) is 0.636. The molecule has 0 amide bonds. The van der Waals surface area contributed by atoms with Gasteiger partial charge in [-0.1, -0.05) is 6.92 Å². The van der Waals surface area contributed by atoms with Gasteiger partial charge < -0.3 is 14.6 Å². The maximum absolute atomic E-state index is 10.8. The lowest BCUT2D eigenvalue weighted by Gasteiger charge is -2.41. The molecule has 88 valence electrons. The standard InChI is InChI=1S/C11H17N3O2/c1-9(11(15)16)10-6-14(7-10)5-4-13-3-2-12-8-13/h2-3,8-10H,4-7H2,1H3,(H,15,16). The Hall–Kier alpha value is -1.36. The smallest absolute Gasteiger partial charge is 0.306 e. The molecule has 1 N–H and O–H groups in total. The van der Waals surface area contributed by atoms with Crippen molar-refractivity contribution in [3.63, 3.8) is 0 Å². The zero-order chi connectivity index (χ0) is 11.5. The summed E-state index contributed by atoms with van der Waals surface area (Å²) in [7, 11) is 0. The molecule has 0 radical (unpaired) electrons. The summed E-state index contributed by atoms with van der Waals surface area (Å²) in [5, 5.41) is 8.85. The Balaban J connectivity index is 1.67. The van der Waals surface area contributed by atoms with E-state index in [0.717, 1.165) is 26.2 Å². The van der Waals surface area contributed by atoms with Crippen LogP contribution in [0.3, 0.4) is 0 Å². The normalized spacial score (nSPS) is 19.3. The summed E-state index contributed by atoms with van der Waals surface area (Å²) >= 11 is 0. The van der Waals surface area contributed by atoms with Crippen molar-refractivity contribution in [3.05, 3.63) is 18.7 Å². The first-order valence-corrected chi connectivity index (χ1v) is 5.57. The topological polar surface area (TPSA) is 58.4 Å². The van der Waals surface area contributed by atoms with E-state index in [-0.39, 0.29) is 5.92 Å². The monoisotopic (exact) mass is 223 g/mol. The number of aromatic nitrogens is 2.